The molecule has 1 unspecified atom stereocenters. The third-order valence-corrected chi connectivity index (χ3v) is 8.87. The molecule has 0 saturated heterocycles. The van der Waals surface area contributed by atoms with E-state index in [1.165, 1.54) is 70.6 Å². The summed E-state index contributed by atoms with van der Waals surface area (Å²) < 4.78 is 0. The summed E-state index contributed by atoms with van der Waals surface area (Å²) in [4.78, 5) is 11.0. The van der Waals surface area contributed by atoms with Crippen LogP contribution >= 0.6 is 7.49 Å². The van der Waals surface area contributed by atoms with Gasteiger partial charge in [0, 0.05) is 0 Å². The van der Waals surface area contributed by atoms with Gasteiger partial charge >= 0.3 is 0 Å². The van der Waals surface area contributed by atoms with E-state index in [-0.39, 0.29) is 0 Å². The molecule has 0 radical (unpaired) electrons. The Kier molecular flexibility index (Phi) is 4.67. The quantitative estimate of drug-likeness (QED) is 0.555. The summed E-state index contributed by atoms with van der Waals surface area (Å²) in [6.07, 6.45) is 15.0. The van der Waals surface area contributed by atoms with Crippen LogP contribution in [0.5, 0.6) is 0 Å². The van der Waals surface area contributed by atoms with Crippen LogP contribution in [0.2, 0.25) is 0 Å². The van der Waals surface area contributed by atoms with Crippen LogP contribution in [0.4, 0.5) is 0 Å². The largest absolute Gasteiger partial charge is 0.251 e. The van der Waals surface area contributed by atoms with Crippen molar-refractivity contribution in [3.63, 3.8) is 0 Å². The zero-order valence-electron chi connectivity index (χ0n) is 10.8. The van der Waals surface area contributed by atoms with Crippen molar-refractivity contribution in [1.29, 1.82) is 0 Å². The van der Waals surface area contributed by atoms with Crippen LogP contribution in [0.3, 0.4) is 0 Å². The highest BCUT2D eigenvalue weighted by Crippen LogP contribution is 2.66. The molecule has 2 fully saturated rings. The lowest BCUT2D eigenvalue weighted by molar-refractivity contribution is 0.460. The first kappa shape index (κ1) is 12.8. The molecule has 1 nitrogen and oxygen atoms in total. The Hall–Kier alpha value is 0.390. The molecule has 2 aliphatic rings. The van der Waals surface area contributed by atoms with Gasteiger partial charge in [-0.2, -0.15) is 0 Å². The molecule has 0 spiro atoms. The Bertz CT molecular complexity index is 201. The molecule has 2 aliphatic carbocycles. The Morgan fingerprint density at radius 1 is 0.688 bits per heavy atom. The average Bonchev–Trinajstić information content (AvgIpc) is 2.59. The van der Waals surface area contributed by atoms with Crippen LogP contribution in [-0.2, 0) is 0 Å². The molecule has 94 valence electrons. The van der Waals surface area contributed by atoms with Crippen molar-refractivity contribution >= 4 is 7.49 Å². The van der Waals surface area contributed by atoms with Gasteiger partial charge in [0.1, 0.15) is 7.49 Å². The summed E-state index contributed by atoms with van der Waals surface area (Å²) in [5, 5.41) is 0. The zero-order chi connectivity index (χ0) is 11.4. The van der Waals surface area contributed by atoms with Crippen LogP contribution in [0.15, 0.2) is 0 Å². The Balaban J connectivity index is 1.97. The Morgan fingerprint density at radius 2 is 1.00 bits per heavy atom. The highest BCUT2D eigenvalue weighted by molar-refractivity contribution is 7.71. The zero-order valence-corrected chi connectivity index (χ0v) is 11.7. The molecular formula is C14H28OP+. The van der Waals surface area contributed by atoms with Crippen molar-refractivity contribution in [2.75, 3.05) is 6.66 Å². The van der Waals surface area contributed by atoms with E-state index in [1.54, 1.807) is 0 Å². The maximum absolute atomic E-state index is 11.0. The summed E-state index contributed by atoms with van der Waals surface area (Å²) in [7, 11) is -1.62. The molecule has 0 aliphatic heterocycles. The first-order valence-corrected chi connectivity index (χ1v) is 9.62. The van der Waals surface area contributed by atoms with E-state index in [2.05, 4.69) is 6.66 Å². The fourth-order valence-corrected chi connectivity index (χ4v) is 7.10. The number of rotatable bonds is 2. The van der Waals surface area contributed by atoms with E-state index in [0.717, 1.165) is 0 Å². The van der Waals surface area contributed by atoms with Gasteiger partial charge in [-0.3, -0.25) is 4.89 Å². The first-order chi connectivity index (χ1) is 7.71. The summed E-state index contributed by atoms with van der Waals surface area (Å²) >= 11 is 0. The average molecular weight is 243 g/mol. The number of hydrogen-bond donors (Lipinski definition) is 1. The van der Waals surface area contributed by atoms with Crippen molar-refractivity contribution in [3.8, 4) is 0 Å². The first-order valence-electron chi connectivity index (χ1n) is 7.30. The van der Waals surface area contributed by atoms with Crippen LogP contribution in [-0.4, -0.2) is 22.9 Å². The molecule has 1 N–H and O–H groups in total. The van der Waals surface area contributed by atoms with Gasteiger partial charge < -0.3 is 0 Å². The normalized spacial score (nSPS) is 29.6. The Labute approximate surface area is 101 Å². The van der Waals surface area contributed by atoms with Gasteiger partial charge in [0.05, 0.1) is 18.0 Å². The molecule has 1 atom stereocenters. The molecule has 0 amide bonds. The lowest BCUT2D eigenvalue weighted by Gasteiger charge is -2.34. The van der Waals surface area contributed by atoms with Crippen LogP contribution < -0.4 is 0 Å². The van der Waals surface area contributed by atoms with Crippen molar-refractivity contribution in [3.05, 3.63) is 0 Å². The van der Waals surface area contributed by atoms with Gasteiger partial charge in [-0.15, -0.1) is 0 Å². The second-order valence-corrected chi connectivity index (χ2v) is 9.69. The van der Waals surface area contributed by atoms with Crippen LogP contribution in [0.1, 0.15) is 70.6 Å². The molecule has 16 heavy (non-hydrogen) atoms. The van der Waals surface area contributed by atoms with Crippen molar-refractivity contribution in [2.24, 2.45) is 0 Å². The van der Waals surface area contributed by atoms with Crippen LogP contribution in [0.25, 0.3) is 0 Å². The SMILES string of the molecule is C[P+](O)(C1CCCCCC1)C1CCCCC1. The molecular weight excluding hydrogens is 215 g/mol. The van der Waals surface area contributed by atoms with E-state index < -0.39 is 7.49 Å². The molecule has 0 bridgehead atoms. The lowest BCUT2D eigenvalue weighted by Crippen LogP contribution is -2.25. The molecule has 0 aromatic rings. The van der Waals surface area contributed by atoms with Gasteiger partial charge in [0.2, 0.25) is 0 Å². The minimum absolute atomic E-state index is 0.693. The molecule has 0 aromatic heterocycles. The highest BCUT2D eigenvalue weighted by Gasteiger charge is 2.47. The standard InChI is InChI=1S/C14H28OP/c1-16(15,14-11-7-4-8-12-14)13-9-5-2-3-6-10-13/h13-15H,2-12H2,1H3/q+1. The van der Waals surface area contributed by atoms with Gasteiger partial charge in [-0.05, 0) is 51.4 Å². The van der Waals surface area contributed by atoms with Crippen molar-refractivity contribution < 1.29 is 4.89 Å². The van der Waals surface area contributed by atoms with E-state index in [9.17, 15) is 4.89 Å². The van der Waals surface area contributed by atoms with E-state index >= 15 is 0 Å². The lowest BCUT2D eigenvalue weighted by atomic mass is 10.0. The van der Waals surface area contributed by atoms with Gasteiger partial charge in [-0.25, -0.2) is 0 Å². The highest BCUT2D eigenvalue weighted by atomic mass is 31.2. The maximum atomic E-state index is 11.0. The predicted octanol–water partition coefficient (Wildman–Crippen LogP) is 4.60. The molecule has 2 saturated carbocycles. The predicted molar refractivity (Wildman–Crippen MR) is 73.4 cm³/mol. The minimum atomic E-state index is -1.62. The monoisotopic (exact) mass is 243 g/mol. The van der Waals surface area contributed by atoms with E-state index in [4.69, 9.17) is 0 Å². The maximum Gasteiger partial charge on any atom is 0.145 e. The third-order valence-electron chi connectivity index (χ3n) is 4.88. The third kappa shape index (κ3) is 2.99. The molecule has 0 aromatic carbocycles. The molecule has 2 heteroatoms. The number of hydrogen-bond acceptors (Lipinski definition) is 1. The van der Waals surface area contributed by atoms with Crippen molar-refractivity contribution in [1.82, 2.24) is 0 Å². The topological polar surface area (TPSA) is 20.2 Å². The summed E-state index contributed by atoms with van der Waals surface area (Å²) in [6, 6.07) is 0. The van der Waals surface area contributed by atoms with E-state index in [0.29, 0.717) is 11.3 Å². The van der Waals surface area contributed by atoms with Gasteiger partial charge in [0.25, 0.3) is 0 Å². The molecule has 0 heterocycles. The smallest absolute Gasteiger partial charge is 0.145 e. The summed E-state index contributed by atoms with van der Waals surface area (Å²) in [6.45, 7) is 2.25. The van der Waals surface area contributed by atoms with Gasteiger partial charge in [0.15, 0.2) is 0 Å². The van der Waals surface area contributed by atoms with E-state index in [1.807, 2.05) is 0 Å². The fraction of sp³-hybridized carbons (Fsp3) is 1.00. The van der Waals surface area contributed by atoms with Crippen LogP contribution in [0, 0.1) is 0 Å². The molecule has 2 rings (SSSR count). The second kappa shape index (κ2) is 5.83. The van der Waals surface area contributed by atoms with Gasteiger partial charge in [-0.1, -0.05) is 19.3 Å². The second-order valence-electron chi connectivity index (χ2n) is 6.03. The summed E-state index contributed by atoms with van der Waals surface area (Å²) in [5.74, 6) is 0. The van der Waals surface area contributed by atoms with Crippen molar-refractivity contribution in [2.45, 2.75) is 81.9 Å². The minimum Gasteiger partial charge on any atom is -0.251 e. The summed E-state index contributed by atoms with van der Waals surface area (Å²) in [5.41, 5.74) is 1.39. The fourth-order valence-electron chi connectivity index (χ4n) is 3.68. The Morgan fingerprint density at radius 3 is 1.38 bits per heavy atom.